The quantitative estimate of drug-likeness (QED) is 0.497. The van der Waals surface area contributed by atoms with Crippen LogP contribution < -0.4 is 26.4 Å². The number of amides is 1. The molecule has 6 N–H and O–H groups in total. The maximum Gasteiger partial charge on any atom is 0.254 e. The molecule has 2 aliphatic rings. The lowest BCUT2D eigenvalue weighted by atomic mass is 10.2. The number of halogens is 1. The molecule has 1 fully saturated rings. The van der Waals surface area contributed by atoms with Crippen molar-refractivity contribution in [3.8, 4) is 5.75 Å². The third-order valence-corrected chi connectivity index (χ3v) is 4.28. The number of nitrogens with one attached hydrogen (secondary N) is 3. The van der Waals surface area contributed by atoms with Gasteiger partial charge in [0.15, 0.2) is 0 Å². The van der Waals surface area contributed by atoms with Crippen LogP contribution in [0.2, 0.25) is 0 Å². The highest BCUT2D eigenvalue weighted by Crippen LogP contribution is 2.32. The lowest BCUT2D eigenvalue weighted by molar-refractivity contribution is 0.100. The average molecular weight is 408 g/mol. The Bertz CT molecular complexity index is 886. The summed E-state index contributed by atoms with van der Waals surface area (Å²) >= 11 is 0. The van der Waals surface area contributed by atoms with Crippen molar-refractivity contribution in [1.29, 1.82) is 0 Å². The molecule has 0 bridgehead atoms. The molecule has 2 heterocycles. The van der Waals surface area contributed by atoms with Crippen LogP contribution in [0.5, 0.6) is 5.75 Å². The fraction of sp³-hybridized carbons (Fsp3) is 0.353. The van der Waals surface area contributed by atoms with E-state index in [1.54, 1.807) is 18.2 Å². The Morgan fingerprint density at radius 3 is 2.93 bits per heavy atom. The van der Waals surface area contributed by atoms with Gasteiger partial charge in [0.05, 0.1) is 17.3 Å². The van der Waals surface area contributed by atoms with Crippen LogP contribution in [-0.4, -0.2) is 52.5 Å². The topological polar surface area (TPSA) is 134 Å². The van der Waals surface area contributed by atoms with Gasteiger partial charge in [-0.1, -0.05) is 0 Å². The molecule has 0 radical (unpaired) electrons. The summed E-state index contributed by atoms with van der Waals surface area (Å²) in [6.07, 6.45) is 0.126. The van der Waals surface area contributed by atoms with E-state index in [4.69, 9.17) is 10.5 Å². The van der Waals surface area contributed by atoms with Gasteiger partial charge >= 0.3 is 0 Å². The number of benzene rings is 1. The van der Waals surface area contributed by atoms with Crippen LogP contribution in [0.3, 0.4) is 0 Å². The zero-order valence-electron chi connectivity index (χ0n) is 14.8. The molecule has 2 unspecified atom stereocenters. The summed E-state index contributed by atoms with van der Waals surface area (Å²) < 4.78 is 18.7. The van der Waals surface area contributed by atoms with Gasteiger partial charge in [0.1, 0.15) is 30.4 Å². The molecule has 2 aromatic rings. The highest BCUT2D eigenvalue weighted by Gasteiger charge is 2.38. The number of fused-ring (bicyclic) bond motifs is 1. The van der Waals surface area contributed by atoms with Gasteiger partial charge in [0.25, 0.3) is 5.91 Å². The molecular weight excluding hydrogens is 387 g/mol. The van der Waals surface area contributed by atoms with Crippen molar-refractivity contribution in [1.82, 2.24) is 9.97 Å². The largest absolute Gasteiger partial charge is 0.489 e. The van der Waals surface area contributed by atoms with Gasteiger partial charge in [-0.05, 0) is 18.2 Å². The normalized spacial score (nSPS) is 22.4. The van der Waals surface area contributed by atoms with Gasteiger partial charge in [-0.3, -0.25) is 4.79 Å². The Morgan fingerprint density at radius 2 is 2.21 bits per heavy atom. The number of hydrogen-bond acceptors (Lipinski definition) is 8. The highest BCUT2D eigenvalue weighted by molar-refractivity contribution is 7.59. The summed E-state index contributed by atoms with van der Waals surface area (Å²) in [6.45, 7) is 0.594. The number of aliphatic hydroxyl groups is 1. The van der Waals surface area contributed by atoms with Crippen LogP contribution in [0.1, 0.15) is 16.8 Å². The number of ether oxygens (including phenoxy) is 1. The Morgan fingerprint density at radius 1 is 1.43 bits per heavy atom. The number of carbonyl (C=O) groups excluding carboxylic acids is 1. The lowest BCUT2D eigenvalue weighted by Crippen LogP contribution is -2.23. The Labute approximate surface area is 167 Å². The van der Waals surface area contributed by atoms with Crippen molar-refractivity contribution >= 4 is 42.5 Å². The number of nitrogens with zero attached hydrogens (tertiary/aromatic N) is 2. The van der Waals surface area contributed by atoms with E-state index < -0.39 is 18.2 Å². The van der Waals surface area contributed by atoms with Crippen LogP contribution in [0.15, 0.2) is 24.4 Å². The fourth-order valence-corrected chi connectivity index (χ4v) is 2.69. The summed E-state index contributed by atoms with van der Waals surface area (Å²) in [5.74, 6) is 0.370. The molecule has 3 atom stereocenters. The number of carbonyl (C=O) groups is 1. The monoisotopic (exact) mass is 408 g/mol. The second-order valence-corrected chi connectivity index (χ2v) is 6.50. The second-order valence-electron chi connectivity index (χ2n) is 6.50. The molecule has 1 aromatic heterocycles. The SMILES string of the molecule is NC(=O)c1cnc(Nc2ccc3c(c2)NC[C@H](O)CO3)nc1NC1CC1F.S. The first-order valence-corrected chi connectivity index (χ1v) is 8.53. The number of β-amino-alcohol motifs (C(OH)–C–C–N with tert-alkyl or cyclic N) is 1. The molecule has 1 aliphatic carbocycles. The molecule has 4 rings (SSSR count). The molecule has 1 aromatic carbocycles. The maximum atomic E-state index is 13.2. The van der Waals surface area contributed by atoms with E-state index in [0.29, 0.717) is 24.4 Å². The third kappa shape index (κ3) is 4.37. The molecule has 1 aliphatic heterocycles. The predicted octanol–water partition coefficient (Wildman–Crippen LogP) is 1.12. The van der Waals surface area contributed by atoms with Gasteiger partial charge in [-0.15, -0.1) is 0 Å². The summed E-state index contributed by atoms with van der Waals surface area (Å²) in [5.41, 5.74) is 6.84. The van der Waals surface area contributed by atoms with Crippen molar-refractivity contribution in [2.75, 3.05) is 29.1 Å². The summed E-state index contributed by atoms with van der Waals surface area (Å²) in [7, 11) is 0. The number of rotatable bonds is 5. The molecular formula is C17H21FN6O3S. The number of aromatic nitrogens is 2. The van der Waals surface area contributed by atoms with E-state index in [1.165, 1.54) is 6.20 Å². The number of hydrogen-bond donors (Lipinski definition) is 5. The van der Waals surface area contributed by atoms with E-state index in [-0.39, 0.29) is 43.5 Å². The van der Waals surface area contributed by atoms with Crippen LogP contribution in [0.4, 0.5) is 27.5 Å². The minimum absolute atomic E-state index is 0. The van der Waals surface area contributed by atoms with E-state index in [0.717, 1.165) is 5.69 Å². The summed E-state index contributed by atoms with van der Waals surface area (Å²) in [4.78, 5) is 19.9. The Kier molecular flexibility index (Phi) is 5.75. The minimum atomic E-state index is -0.955. The van der Waals surface area contributed by atoms with Crippen LogP contribution >= 0.6 is 13.5 Å². The summed E-state index contributed by atoms with van der Waals surface area (Å²) in [5, 5.41) is 18.7. The van der Waals surface area contributed by atoms with Crippen LogP contribution in [0.25, 0.3) is 0 Å². The molecule has 1 saturated carbocycles. The Balaban J connectivity index is 0.00000225. The van der Waals surface area contributed by atoms with Crippen molar-refractivity contribution in [3.05, 3.63) is 30.0 Å². The number of alkyl halides is 1. The van der Waals surface area contributed by atoms with Gasteiger partial charge in [0.2, 0.25) is 5.95 Å². The zero-order valence-corrected chi connectivity index (χ0v) is 15.8. The van der Waals surface area contributed by atoms with Crippen molar-refractivity contribution in [2.45, 2.75) is 24.7 Å². The zero-order chi connectivity index (χ0) is 19.0. The first kappa shape index (κ1) is 20.0. The first-order valence-electron chi connectivity index (χ1n) is 8.53. The van der Waals surface area contributed by atoms with E-state index >= 15 is 0 Å². The minimum Gasteiger partial charge on any atom is -0.489 e. The van der Waals surface area contributed by atoms with Gasteiger partial charge < -0.3 is 31.5 Å². The number of nitrogens with two attached hydrogens (primary N) is 1. The van der Waals surface area contributed by atoms with E-state index in [9.17, 15) is 14.3 Å². The summed E-state index contributed by atoms with van der Waals surface area (Å²) in [6, 6.07) is 4.96. The van der Waals surface area contributed by atoms with Gasteiger partial charge in [0, 0.05) is 24.8 Å². The molecule has 28 heavy (non-hydrogen) atoms. The molecule has 11 heteroatoms. The Hall–Kier alpha value is -2.79. The van der Waals surface area contributed by atoms with Gasteiger partial charge in [-0.2, -0.15) is 18.5 Å². The molecule has 0 saturated heterocycles. The highest BCUT2D eigenvalue weighted by atomic mass is 32.1. The van der Waals surface area contributed by atoms with Crippen LogP contribution in [0, 0.1) is 0 Å². The lowest BCUT2D eigenvalue weighted by Gasteiger charge is -2.13. The average Bonchev–Trinajstić information content (AvgIpc) is 3.36. The molecule has 0 spiro atoms. The molecule has 9 nitrogen and oxygen atoms in total. The first-order chi connectivity index (χ1) is 13.0. The fourth-order valence-electron chi connectivity index (χ4n) is 2.69. The van der Waals surface area contributed by atoms with Crippen LogP contribution in [-0.2, 0) is 0 Å². The molecule has 1 amide bonds. The number of anilines is 4. The maximum absolute atomic E-state index is 13.2. The smallest absolute Gasteiger partial charge is 0.254 e. The second kappa shape index (κ2) is 8.07. The van der Waals surface area contributed by atoms with E-state index in [1.807, 2.05) is 0 Å². The number of aliphatic hydroxyl groups excluding tert-OH is 1. The van der Waals surface area contributed by atoms with Gasteiger partial charge in [-0.25, -0.2) is 9.37 Å². The van der Waals surface area contributed by atoms with E-state index in [2.05, 4.69) is 25.9 Å². The third-order valence-electron chi connectivity index (χ3n) is 4.28. The standard InChI is InChI=1S/C17H19FN6O3.H2S/c18-11-4-12(11)23-16-10(15(19)26)6-21-17(24-16)22-8-1-2-14-13(3-8)20-5-9(25)7-27-14;/h1-3,6,9,11-12,20,25H,4-5,7H2,(H2,19,26)(H2,21,22,23,24);1H2/t9-,11?,12?;/m0./s1. The predicted molar refractivity (Wildman–Crippen MR) is 108 cm³/mol. The van der Waals surface area contributed by atoms with Crippen molar-refractivity contribution < 1.29 is 19.0 Å². The van der Waals surface area contributed by atoms with Crippen molar-refractivity contribution in [2.24, 2.45) is 5.73 Å². The molecule has 150 valence electrons. The van der Waals surface area contributed by atoms with Crippen molar-refractivity contribution in [3.63, 3.8) is 0 Å². The number of primary amides is 1.